The Morgan fingerprint density at radius 1 is 1.18 bits per heavy atom. The van der Waals surface area contributed by atoms with Crippen LogP contribution in [0.3, 0.4) is 0 Å². The number of nitrogens with zero attached hydrogens (tertiary/aromatic N) is 5. The Morgan fingerprint density at radius 2 is 2.00 bits per heavy atom. The molecule has 34 heavy (non-hydrogen) atoms. The van der Waals surface area contributed by atoms with Crippen molar-refractivity contribution in [3.8, 4) is 5.75 Å². The Bertz CT molecular complexity index is 1100. The van der Waals surface area contributed by atoms with Crippen molar-refractivity contribution < 1.29 is 9.47 Å². The highest BCUT2D eigenvalue weighted by Crippen LogP contribution is 2.27. The minimum Gasteiger partial charge on any atom is -0.495 e. The molecular weight excluding hydrogens is 454 g/mol. The molecule has 4 rings (SSSR count). The molecule has 0 bridgehead atoms. The summed E-state index contributed by atoms with van der Waals surface area (Å²) in [4.78, 5) is 12.1. The number of ether oxygens (including phenoxy) is 2. The molecule has 1 aliphatic heterocycles. The molecule has 3 aromatic rings. The molecule has 0 unspecified atom stereocenters. The van der Waals surface area contributed by atoms with Gasteiger partial charge in [0.05, 0.1) is 37.6 Å². The van der Waals surface area contributed by atoms with Crippen LogP contribution in [-0.2, 0) is 31.3 Å². The van der Waals surface area contributed by atoms with E-state index in [4.69, 9.17) is 36.1 Å². The number of aryl methyl sites for hydroxylation is 2. The first kappa shape index (κ1) is 24.7. The molecule has 1 fully saturated rings. The summed E-state index contributed by atoms with van der Waals surface area (Å²) in [6.45, 7) is 8.81. The van der Waals surface area contributed by atoms with Gasteiger partial charge in [-0.1, -0.05) is 31.0 Å². The van der Waals surface area contributed by atoms with Crippen molar-refractivity contribution in [3.63, 3.8) is 0 Å². The van der Waals surface area contributed by atoms with Gasteiger partial charge < -0.3 is 20.1 Å². The molecule has 0 saturated carbocycles. The molecule has 0 radical (unpaired) electrons. The number of fused-ring (bicyclic) bond motifs is 1. The van der Waals surface area contributed by atoms with Gasteiger partial charge in [0.2, 0.25) is 0 Å². The van der Waals surface area contributed by atoms with Crippen molar-refractivity contribution in [2.75, 3.05) is 51.8 Å². The van der Waals surface area contributed by atoms with Crippen LogP contribution in [0.2, 0.25) is 5.02 Å². The Labute approximate surface area is 205 Å². The van der Waals surface area contributed by atoms with E-state index in [1.54, 1.807) is 7.11 Å². The molecule has 0 amide bonds. The summed E-state index contributed by atoms with van der Waals surface area (Å²) in [5, 5.41) is 12.3. The van der Waals surface area contributed by atoms with Gasteiger partial charge in [0.15, 0.2) is 5.82 Å². The van der Waals surface area contributed by atoms with Crippen molar-refractivity contribution in [2.24, 2.45) is 7.05 Å². The van der Waals surface area contributed by atoms with Crippen LogP contribution in [0.1, 0.15) is 30.4 Å². The molecule has 9 nitrogen and oxygen atoms in total. The zero-order valence-electron chi connectivity index (χ0n) is 20.2. The Morgan fingerprint density at radius 3 is 2.74 bits per heavy atom. The van der Waals surface area contributed by atoms with Gasteiger partial charge in [0, 0.05) is 39.8 Å². The number of aromatic nitrogens is 4. The van der Waals surface area contributed by atoms with E-state index in [-0.39, 0.29) is 0 Å². The van der Waals surface area contributed by atoms with Gasteiger partial charge in [-0.3, -0.25) is 9.58 Å². The summed E-state index contributed by atoms with van der Waals surface area (Å²) in [5.74, 6) is 2.20. The minimum atomic E-state index is 0.577. The molecule has 1 aromatic carbocycles. The maximum absolute atomic E-state index is 6.31. The summed E-state index contributed by atoms with van der Waals surface area (Å²) in [5.41, 5.74) is 3.88. The molecule has 184 valence electrons. The molecule has 10 heteroatoms. The van der Waals surface area contributed by atoms with Gasteiger partial charge in [-0.05, 0) is 24.1 Å². The second kappa shape index (κ2) is 11.8. The van der Waals surface area contributed by atoms with Gasteiger partial charge in [-0.2, -0.15) is 5.10 Å². The maximum atomic E-state index is 6.31. The first-order valence-corrected chi connectivity index (χ1v) is 12.3. The SMILES string of the molecule is CCCc1nn(C)c2c(NCc3ccc(OC)c(Cl)c3)nc(CNCCN3CCOCC3)nc12. The van der Waals surface area contributed by atoms with Gasteiger partial charge in [-0.25, -0.2) is 9.97 Å². The van der Waals surface area contributed by atoms with E-state index >= 15 is 0 Å². The lowest BCUT2D eigenvalue weighted by Crippen LogP contribution is -2.40. The van der Waals surface area contributed by atoms with Crippen LogP contribution < -0.4 is 15.4 Å². The predicted octanol–water partition coefficient (Wildman–Crippen LogP) is 3.01. The van der Waals surface area contributed by atoms with Crippen LogP contribution in [-0.4, -0.2) is 71.2 Å². The second-order valence-corrected chi connectivity index (χ2v) is 8.87. The number of halogens is 1. The fourth-order valence-electron chi connectivity index (χ4n) is 4.16. The van der Waals surface area contributed by atoms with Crippen molar-refractivity contribution in [1.82, 2.24) is 30.0 Å². The summed E-state index contributed by atoms with van der Waals surface area (Å²) in [7, 11) is 3.56. The van der Waals surface area contributed by atoms with Gasteiger partial charge >= 0.3 is 0 Å². The number of nitrogens with one attached hydrogen (secondary N) is 2. The number of benzene rings is 1. The van der Waals surface area contributed by atoms with Gasteiger partial charge in [-0.15, -0.1) is 0 Å². The second-order valence-electron chi connectivity index (χ2n) is 8.46. The third-order valence-corrected chi connectivity index (χ3v) is 6.25. The van der Waals surface area contributed by atoms with E-state index in [1.807, 2.05) is 29.9 Å². The monoisotopic (exact) mass is 487 g/mol. The third-order valence-electron chi connectivity index (χ3n) is 5.95. The molecule has 0 aliphatic carbocycles. The zero-order chi connectivity index (χ0) is 23.9. The van der Waals surface area contributed by atoms with Crippen LogP contribution in [0.4, 0.5) is 5.82 Å². The van der Waals surface area contributed by atoms with E-state index < -0.39 is 0 Å². The van der Waals surface area contributed by atoms with Crippen molar-refractivity contribution in [2.45, 2.75) is 32.9 Å². The molecular formula is C24H34ClN7O2. The number of morpholine rings is 1. The Hall–Kier alpha value is -2.46. The molecule has 2 aromatic heterocycles. The summed E-state index contributed by atoms with van der Waals surface area (Å²) < 4.78 is 12.6. The standard InChI is InChI=1S/C24H34ClN7O2/c1-4-5-19-22-23(31(2)30-19)24(27-15-17-6-7-20(33-3)18(25)14-17)29-21(28-22)16-26-8-9-32-10-12-34-13-11-32/h6-7,14,26H,4-5,8-13,15-16H2,1-3H3,(H,27,28,29). The van der Waals surface area contributed by atoms with E-state index in [9.17, 15) is 0 Å². The Kier molecular flexibility index (Phi) is 8.55. The number of methoxy groups -OCH3 is 1. The van der Waals surface area contributed by atoms with Gasteiger partial charge in [0.25, 0.3) is 0 Å². The highest BCUT2D eigenvalue weighted by Gasteiger charge is 2.17. The van der Waals surface area contributed by atoms with Crippen molar-refractivity contribution >= 4 is 28.5 Å². The first-order chi connectivity index (χ1) is 16.6. The zero-order valence-corrected chi connectivity index (χ0v) is 21.0. The molecule has 3 heterocycles. The summed E-state index contributed by atoms with van der Waals surface area (Å²) in [6, 6.07) is 5.78. The predicted molar refractivity (Wildman–Crippen MR) is 135 cm³/mol. The first-order valence-electron chi connectivity index (χ1n) is 11.9. The average molecular weight is 488 g/mol. The van der Waals surface area contributed by atoms with E-state index in [1.165, 1.54) is 0 Å². The molecule has 2 N–H and O–H groups in total. The lowest BCUT2D eigenvalue weighted by molar-refractivity contribution is 0.0384. The Balaban J connectivity index is 1.50. The fourth-order valence-corrected chi connectivity index (χ4v) is 4.44. The fraction of sp³-hybridized carbons (Fsp3) is 0.542. The van der Waals surface area contributed by atoms with Gasteiger partial charge in [0.1, 0.15) is 22.6 Å². The van der Waals surface area contributed by atoms with Crippen LogP contribution in [0.5, 0.6) is 5.75 Å². The molecule has 1 saturated heterocycles. The van der Waals surface area contributed by atoms with Crippen molar-refractivity contribution in [1.29, 1.82) is 0 Å². The van der Waals surface area contributed by atoms with Crippen LogP contribution in [0, 0.1) is 0 Å². The topological polar surface area (TPSA) is 89.4 Å². The summed E-state index contributed by atoms with van der Waals surface area (Å²) >= 11 is 6.31. The maximum Gasteiger partial charge on any atom is 0.156 e. The van der Waals surface area contributed by atoms with Crippen molar-refractivity contribution in [3.05, 3.63) is 40.3 Å². The molecule has 1 aliphatic rings. The molecule has 0 atom stereocenters. The quantitative estimate of drug-likeness (QED) is 0.399. The smallest absolute Gasteiger partial charge is 0.156 e. The normalized spacial score (nSPS) is 14.6. The molecule has 0 spiro atoms. The van der Waals surface area contributed by atoms with Crippen LogP contribution >= 0.6 is 11.6 Å². The number of hydrogen-bond acceptors (Lipinski definition) is 8. The lowest BCUT2D eigenvalue weighted by Gasteiger charge is -2.26. The number of hydrogen-bond donors (Lipinski definition) is 2. The third kappa shape index (κ3) is 5.96. The largest absolute Gasteiger partial charge is 0.495 e. The minimum absolute atomic E-state index is 0.577. The van der Waals surface area contributed by atoms with E-state index in [0.29, 0.717) is 23.9 Å². The lowest BCUT2D eigenvalue weighted by atomic mass is 10.2. The highest BCUT2D eigenvalue weighted by molar-refractivity contribution is 6.32. The number of anilines is 1. The van der Waals surface area contributed by atoms with E-state index in [0.717, 1.165) is 86.2 Å². The average Bonchev–Trinajstić information content (AvgIpc) is 3.16. The highest BCUT2D eigenvalue weighted by atomic mass is 35.5. The van der Waals surface area contributed by atoms with Crippen LogP contribution in [0.25, 0.3) is 11.0 Å². The summed E-state index contributed by atoms with van der Waals surface area (Å²) in [6.07, 6.45) is 1.89. The number of rotatable bonds is 11. The van der Waals surface area contributed by atoms with E-state index in [2.05, 4.69) is 22.5 Å². The van der Waals surface area contributed by atoms with Crippen LogP contribution in [0.15, 0.2) is 18.2 Å².